The number of nitrogens with two attached hydrogens (primary N) is 1. The van der Waals surface area contributed by atoms with E-state index in [1.165, 1.54) is 42.1 Å². The lowest BCUT2D eigenvalue weighted by Crippen LogP contribution is -2.41. The average Bonchev–Trinajstić information content (AvgIpc) is 3.06. The van der Waals surface area contributed by atoms with Crippen LogP contribution < -0.4 is 11.1 Å². The Morgan fingerprint density at radius 2 is 1.87 bits per heavy atom. The maximum atomic E-state index is 12.3. The van der Waals surface area contributed by atoms with Crippen LogP contribution in [0.2, 0.25) is 0 Å². The molecule has 2 rings (SSSR count). The van der Waals surface area contributed by atoms with Gasteiger partial charge in [0.1, 0.15) is 12.1 Å². The van der Waals surface area contributed by atoms with Gasteiger partial charge in [0.15, 0.2) is 5.69 Å². The molecular formula is C19H18N4O7. The molecule has 1 amide bonds. The van der Waals surface area contributed by atoms with Gasteiger partial charge in [-0.1, -0.05) is 0 Å². The van der Waals surface area contributed by atoms with E-state index in [9.17, 15) is 19.2 Å². The summed E-state index contributed by atoms with van der Waals surface area (Å²) >= 11 is 0. The minimum Gasteiger partial charge on any atom is -0.481 e. The fourth-order valence-electron chi connectivity index (χ4n) is 2.66. The summed E-state index contributed by atoms with van der Waals surface area (Å²) in [7, 11) is 1.17. The van der Waals surface area contributed by atoms with Crippen LogP contribution in [0.25, 0.3) is 5.69 Å². The van der Waals surface area contributed by atoms with Crippen molar-refractivity contribution in [1.29, 1.82) is 5.26 Å². The van der Waals surface area contributed by atoms with Crippen molar-refractivity contribution in [3.8, 4) is 11.8 Å². The molecule has 1 aromatic carbocycles. The molecule has 1 atom stereocenters. The molecule has 11 nitrogen and oxygen atoms in total. The zero-order valence-corrected chi connectivity index (χ0v) is 15.8. The Bertz CT molecular complexity index is 1030. The molecule has 1 aromatic heterocycles. The number of anilines is 1. The zero-order valence-electron chi connectivity index (χ0n) is 15.8. The van der Waals surface area contributed by atoms with Crippen molar-refractivity contribution in [3.63, 3.8) is 0 Å². The molecule has 0 aliphatic rings. The Labute approximate surface area is 170 Å². The van der Waals surface area contributed by atoms with E-state index >= 15 is 0 Å². The van der Waals surface area contributed by atoms with Crippen LogP contribution in [0, 0.1) is 11.3 Å². The van der Waals surface area contributed by atoms with E-state index < -0.39 is 36.3 Å². The Morgan fingerprint density at radius 1 is 1.23 bits per heavy atom. The van der Waals surface area contributed by atoms with Crippen LogP contribution in [0.5, 0.6) is 0 Å². The maximum absolute atomic E-state index is 12.3. The number of hydrogen-bond donors (Lipinski definition) is 4. The molecule has 0 radical (unpaired) electrons. The molecule has 156 valence electrons. The van der Waals surface area contributed by atoms with Crippen molar-refractivity contribution in [2.45, 2.75) is 18.9 Å². The first kappa shape index (κ1) is 22.0. The zero-order chi connectivity index (χ0) is 22.4. The molecule has 30 heavy (non-hydrogen) atoms. The number of benzene rings is 1. The van der Waals surface area contributed by atoms with Crippen molar-refractivity contribution in [1.82, 2.24) is 9.88 Å². The normalized spacial score (nSPS) is 11.2. The van der Waals surface area contributed by atoms with Crippen molar-refractivity contribution < 1.29 is 34.1 Å². The van der Waals surface area contributed by atoms with Crippen molar-refractivity contribution >= 4 is 29.5 Å². The molecular weight excluding hydrogens is 396 g/mol. The third-order valence-electron chi connectivity index (χ3n) is 4.20. The number of carboxylic acid groups (broad SMARTS) is 2. The van der Waals surface area contributed by atoms with Gasteiger partial charge in [0.05, 0.1) is 18.4 Å². The fourth-order valence-corrected chi connectivity index (χ4v) is 2.66. The highest BCUT2D eigenvalue weighted by atomic mass is 16.5. The number of nitriles is 1. The number of carboxylic acids is 2. The number of ether oxygens (including phenoxy) is 1. The van der Waals surface area contributed by atoms with Crippen LogP contribution in [0.3, 0.4) is 0 Å². The average molecular weight is 414 g/mol. The minimum atomic E-state index is -1.36. The summed E-state index contributed by atoms with van der Waals surface area (Å²) in [5.74, 6) is -3.99. The number of esters is 1. The Hall–Kier alpha value is -4.33. The van der Waals surface area contributed by atoms with E-state index in [-0.39, 0.29) is 28.9 Å². The minimum absolute atomic E-state index is 0.0473. The molecule has 0 saturated heterocycles. The molecule has 0 aliphatic carbocycles. The lowest BCUT2D eigenvalue weighted by Gasteiger charge is -2.14. The van der Waals surface area contributed by atoms with Gasteiger partial charge in [-0.15, -0.1) is 0 Å². The highest BCUT2D eigenvalue weighted by molar-refractivity contribution is 5.97. The second-order valence-corrected chi connectivity index (χ2v) is 6.12. The van der Waals surface area contributed by atoms with Gasteiger partial charge in [-0.2, -0.15) is 5.26 Å². The highest BCUT2D eigenvalue weighted by Crippen LogP contribution is 2.25. The smallest absolute Gasteiger partial charge is 0.357 e. The van der Waals surface area contributed by atoms with Crippen LogP contribution >= 0.6 is 0 Å². The summed E-state index contributed by atoms with van der Waals surface area (Å²) in [6.07, 6.45) is 0.669. The monoisotopic (exact) mass is 414 g/mol. The number of nitrogens with zero attached hydrogens (tertiary/aromatic N) is 2. The van der Waals surface area contributed by atoms with Gasteiger partial charge in [0, 0.05) is 23.9 Å². The third kappa shape index (κ3) is 4.74. The van der Waals surface area contributed by atoms with Crippen molar-refractivity contribution in [2.24, 2.45) is 0 Å². The molecule has 0 aliphatic heterocycles. The SMILES string of the molecule is COC(=O)c1c(N)c(C#N)cn1-c1ccc(C(=O)NC(CCC(=O)O)C(=O)O)cc1. The number of aliphatic carboxylic acids is 2. The van der Waals surface area contributed by atoms with Crippen LogP contribution in [0.15, 0.2) is 30.5 Å². The number of methoxy groups -OCH3 is 1. The van der Waals surface area contributed by atoms with E-state index in [2.05, 4.69) is 5.32 Å². The number of amides is 1. The summed E-state index contributed by atoms with van der Waals surface area (Å²) in [5.41, 5.74) is 6.32. The standard InChI is InChI=1S/C19H18N4O7/c1-30-19(29)16-15(21)11(8-20)9-23(16)12-4-2-10(3-5-12)17(26)22-13(18(27)28)6-7-14(24)25/h2-5,9,13H,6-7,21H2,1H3,(H,22,26)(H,24,25)(H,27,28). The second kappa shape index (κ2) is 9.24. The third-order valence-corrected chi connectivity index (χ3v) is 4.20. The first-order valence-corrected chi connectivity index (χ1v) is 8.54. The fraction of sp³-hybridized carbons (Fsp3) is 0.211. The second-order valence-electron chi connectivity index (χ2n) is 6.12. The molecule has 5 N–H and O–H groups in total. The van der Waals surface area contributed by atoms with Gasteiger partial charge in [0.2, 0.25) is 0 Å². The molecule has 2 aromatic rings. The Kier molecular flexibility index (Phi) is 6.77. The number of nitrogens with one attached hydrogen (secondary N) is 1. The Balaban J connectivity index is 2.28. The highest BCUT2D eigenvalue weighted by Gasteiger charge is 2.23. The molecule has 0 spiro atoms. The number of carbonyl (C=O) groups is 4. The predicted molar refractivity (Wildman–Crippen MR) is 102 cm³/mol. The van der Waals surface area contributed by atoms with E-state index in [1.54, 1.807) is 0 Å². The molecule has 0 saturated carbocycles. The topological polar surface area (TPSA) is 185 Å². The molecule has 11 heteroatoms. The lowest BCUT2D eigenvalue weighted by molar-refractivity contribution is -0.140. The first-order chi connectivity index (χ1) is 14.2. The predicted octanol–water partition coefficient (Wildman–Crippen LogP) is 0.766. The van der Waals surface area contributed by atoms with Crippen LogP contribution in [-0.2, 0) is 14.3 Å². The van der Waals surface area contributed by atoms with E-state index in [4.69, 9.17) is 25.9 Å². The van der Waals surface area contributed by atoms with Crippen LogP contribution in [0.4, 0.5) is 5.69 Å². The maximum Gasteiger partial charge on any atom is 0.357 e. The van der Waals surface area contributed by atoms with E-state index in [1.807, 2.05) is 6.07 Å². The van der Waals surface area contributed by atoms with Gasteiger partial charge >= 0.3 is 17.9 Å². The summed E-state index contributed by atoms with van der Waals surface area (Å²) < 4.78 is 6.04. The van der Waals surface area contributed by atoms with Crippen molar-refractivity contribution in [2.75, 3.05) is 12.8 Å². The summed E-state index contributed by atoms with van der Waals surface area (Å²) in [5, 5.41) is 29.2. The van der Waals surface area contributed by atoms with E-state index in [0.29, 0.717) is 5.69 Å². The summed E-state index contributed by atoms with van der Waals surface area (Å²) in [6, 6.07) is 6.20. The number of aromatic nitrogens is 1. The Morgan fingerprint density at radius 3 is 2.37 bits per heavy atom. The van der Waals surface area contributed by atoms with Gasteiger partial charge in [0.25, 0.3) is 5.91 Å². The largest absolute Gasteiger partial charge is 0.481 e. The number of carbonyl (C=O) groups excluding carboxylic acids is 2. The first-order valence-electron chi connectivity index (χ1n) is 8.54. The quantitative estimate of drug-likeness (QED) is 0.453. The summed E-state index contributed by atoms with van der Waals surface area (Å²) in [6.45, 7) is 0. The molecule has 1 unspecified atom stereocenters. The van der Waals surface area contributed by atoms with Gasteiger partial charge in [-0.25, -0.2) is 9.59 Å². The number of hydrogen-bond acceptors (Lipinski definition) is 7. The van der Waals surface area contributed by atoms with E-state index in [0.717, 1.165) is 0 Å². The van der Waals surface area contributed by atoms with Crippen LogP contribution in [-0.4, -0.2) is 51.7 Å². The van der Waals surface area contributed by atoms with Gasteiger partial charge in [-0.3, -0.25) is 9.59 Å². The summed E-state index contributed by atoms with van der Waals surface area (Å²) in [4.78, 5) is 46.2. The lowest BCUT2D eigenvalue weighted by atomic mass is 10.1. The number of rotatable bonds is 8. The van der Waals surface area contributed by atoms with Crippen LogP contribution in [0.1, 0.15) is 39.3 Å². The number of nitrogen functional groups attached to an aromatic ring is 1. The molecule has 0 fully saturated rings. The molecule has 1 heterocycles. The van der Waals surface area contributed by atoms with Gasteiger partial charge in [-0.05, 0) is 30.7 Å². The van der Waals surface area contributed by atoms with Gasteiger partial charge < -0.3 is 30.6 Å². The molecule has 0 bridgehead atoms. The van der Waals surface area contributed by atoms with Crippen molar-refractivity contribution in [3.05, 3.63) is 47.3 Å².